The highest BCUT2D eigenvalue weighted by Gasteiger charge is 2.14. The summed E-state index contributed by atoms with van der Waals surface area (Å²) in [5, 5.41) is 7.01. The Morgan fingerprint density at radius 1 is 1.55 bits per heavy atom. The normalized spacial score (nSPS) is 12.7. The maximum Gasteiger partial charge on any atom is 0.224 e. The number of hydrogen-bond donors (Lipinski definition) is 2. The van der Waals surface area contributed by atoms with Crippen LogP contribution in [0.2, 0.25) is 0 Å². The fraction of sp³-hybridized carbons (Fsp3) is 0.714. The summed E-state index contributed by atoms with van der Waals surface area (Å²) in [6, 6.07) is 0. The SMILES string of the molecule is COCCn1cc(NC(=O)C[C@@H](CN)CC(C)C)cn1. The van der Waals surface area contributed by atoms with Gasteiger partial charge in [0.15, 0.2) is 0 Å². The van der Waals surface area contributed by atoms with Crippen molar-refractivity contribution in [3.05, 3.63) is 12.4 Å². The smallest absolute Gasteiger partial charge is 0.224 e. The maximum absolute atomic E-state index is 12.0. The Bertz CT molecular complexity index is 404. The first kappa shape index (κ1) is 16.7. The summed E-state index contributed by atoms with van der Waals surface area (Å²) >= 11 is 0. The quantitative estimate of drug-likeness (QED) is 0.718. The first-order valence-electron chi connectivity index (χ1n) is 7.06. The number of anilines is 1. The lowest BCUT2D eigenvalue weighted by atomic mass is 9.94. The van der Waals surface area contributed by atoms with Crippen LogP contribution in [0.15, 0.2) is 12.4 Å². The molecule has 0 spiro atoms. The molecule has 1 amide bonds. The van der Waals surface area contributed by atoms with Gasteiger partial charge in [-0.15, -0.1) is 0 Å². The predicted molar refractivity (Wildman–Crippen MR) is 79.3 cm³/mol. The van der Waals surface area contributed by atoms with Crippen molar-refractivity contribution in [2.75, 3.05) is 25.6 Å². The fourth-order valence-electron chi connectivity index (χ4n) is 2.14. The number of aromatic nitrogens is 2. The minimum Gasteiger partial charge on any atom is -0.383 e. The summed E-state index contributed by atoms with van der Waals surface area (Å²) in [4.78, 5) is 12.0. The Hall–Kier alpha value is -1.40. The van der Waals surface area contributed by atoms with Gasteiger partial charge in [0.05, 0.1) is 25.0 Å². The summed E-state index contributed by atoms with van der Waals surface area (Å²) < 4.78 is 6.72. The molecule has 6 heteroatoms. The van der Waals surface area contributed by atoms with Crippen LogP contribution in [-0.4, -0.2) is 35.9 Å². The van der Waals surface area contributed by atoms with Crippen molar-refractivity contribution in [2.45, 2.75) is 33.2 Å². The molecule has 0 saturated carbocycles. The number of amides is 1. The Balaban J connectivity index is 2.42. The van der Waals surface area contributed by atoms with Gasteiger partial charge in [-0.3, -0.25) is 9.48 Å². The zero-order valence-corrected chi connectivity index (χ0v) is 12.6. The molecule has 1 rings (SSSR count). The maximum atomic E-state index is 12.0. The van der Waals surface area contributed by atoms with E-state index in [0.29, 0.717) is 37.7 Å². The fourth-order valence-corrected chi connectivity index (χ4v) is 2.14. The molecule has 0 aliphatic heterocycles. The molecule has 0 aliphatic carbocycles. The van der Waals surface area contributed by atoms with Gasteiger partial charge in [0, 0.05) is 19.7 Å². The zero-order chi connectivity index (χ0) is 15.0. The average molecular weight is 282 g/mol. The second-order valence-electron chi connectivity index (χ2n) is 5.47. The summed E-state index contributed by atoms with van der Waals surface area (Å²) in [5.74, 6) is 0.777. The molecule has 1 heterocycles. The highest BCUT2D eigenvalue weighted by atomic mass is 16.5. The highest BCUT2D eigenvalue weighted by Crippen LogP contribution is 2.15. The number of nitrogens with zero attached hydrogens (tertiary/aromatic N) is 2. The van der Waals surface area contributed by atoms with Gasteiger partial charge < -0.3 is 15.8 Å². The van der Waals surface area contributed by atoms with Gasteiger partial charge in [-0.1, -0.05) is 13.8 Å². The van der Waals surface area contributed by atoms with Crippen molar-refractivity contribution < 1.29 is 9.53 Å². The van der Waals surface area contributed by atoms with E-state index in [0.717, 1.165) is 6.42 Å². The average Bonchev–Trinajstić information content (AvgIpc) is 2.82. The van der Waals surface area contributed by atoms with E-state index in [2.05, 4.69) is 24.3 Å². The number of hydrogen-bond acceptors (Lipinski definition) is 4. The summed E-state index contributed by atoms with van der Waals surface area (Å²) in [7, 11) is 1.65. The van der Waals surface area contributed by atoms with E-state index in [1.165, 1.54) is 0 Å². The van der Waals surface area contributed by atoms with Crippen molar-refractivity contribution in [3.63, 3.8) is 0 Å². The second kappa shape index (κ2) is 8.71. The van der Waals surface area contributed by atoms with Gasteiger partial charge >= 0.3 is 0 Å². The molecule has 3 N–H and O–H groups in total. The van der Waals surface area contributed by atoms with Crippen LogP contribution >= 0.6 is 0 Å². The summed E-state index contributed by atoms with van der Waals surface area (Å²) in [5.41, 5.74) is 6.43. The van der Waals surface area contributed by atoms with Gasteiger partial charge in [-0.2, -0.15) is 5.10 Å². The van der Waals surface area contributed by atoms with Crippen molar-refractivity contribution in [1.82, 2.24) is 9.78 Å². The molecule has 0 fully saturated rings. The third-order valence-corrected chi connectivity index (χ3v) is 3.05. The van der Waals surface area contributed by atoms with E-state index in [1.807, 2.05) is 0 Å². The predicted octanol–water partition coefficient (Wildman–Crippen LogP) is 1.48. The molecule has 1 atom stereocenters. The molecule has 1 aromatic rings. The van der Waals surface area contributed by atoms with E-state index in [-0.39, 0.29) is 11.8 Å². The molecule has 0 aliphatic rings. The van der Waals surface area contributed by atoms with E-state index >= 15 is 0 Å². The lowest BCUT2D eigenvalue weighted by Gasteiger charge is -2.16. The Morgan fingerprint density at radius 2 is 2.30 bits per heavy atom. The van der Waals surface area contributed by atoms with E-state index in [9.17, 15) is 4.79 Å². The molecular weight excluding hydrogens is 256 g/mol. The topological polar surface area (TPSA) is 82.2 Å². The van der Waals surface area contributed by atoms with Gasteiger partial charge in [-0.05, 0) is 24.8 Å². The highest BCUT2D eigenvalue weighted by molar-refractivity contribution is 5.90. The zero-order valence-electron chi connectivity index (χ0n) is 12.6. The van der Waals surface area contributed by atoms with Crippen LogP contribution in [0.1, 0.15) is 26.7 Å². The van der Waals surface area contributed by atoms with E-state index < -0.39 is 0 Å². The van der Waals surface area contributed by atoms with Crippen molar-refractivity contribution >= 4 is 11.6 Å². The molecule has 114 valence electrons. The largest absolute Gasteiger partial charge is 0.383 e. The number of nitrogens with one attached hydrogen (secondary N) is 1. The summed E-state index contributed by atoms with van der Waals surface area (Å²) in [6.45, 7) is 6.09. The van der Waals surface area contributed by atoms with Crippen molar-refractivity contribution in [3.8, 4) is 0 Å². The van der Waals surface area contributed by atoms with E-state index in [4.69, 9.17) is 10.5 Å². The van der Waals surface area contributed by atoms with E-state index in [1.54, 1.807) is 24.2 Å². The van der Waals surface area contributed by atoms with Crippen LogP contribution in [0.3, 0.4) is 0 Å². The molecule has 0 aromatic carbocycles. The molecule has 6 nitrogen and oxygen atoms in total. The van der Waals surface area contributed by atoms with Crippen LogP contribution in [-0.2, 0) is 16.1 Å². The minimum atomic E-state index is -0.00704. The number of ether oxygens (including phenoxy) is 1. The van der Waals surface area contributed by atoms with Crippen molar-refractivity contribution in [1.29, 1.82) is 0 Å². The van der Waals surface area contributed by atoms with Gasteiger partial charge in [-0.25, -0.2) is 0 Å². The van der Waals surface area contributed by atoms with Gasteiger partial charge in [0.2, 0.25) is 5.91 Å². The Labute approximate surface area is 120 Å². The second-order valence-corrected chi connectivity index (χ2v) is 5.47. The molecule has 20 heavy (non-hydrogen) atoms. The number of carbonyl (C=O) groups is 1. The van der Waals surface area contributed by atoms with Crippen LogP contribution in [0, 0.1) is 11.8 Å². The minimum absolute atomic E-state index is 0.00704. The third-order valence-electron chi connectivity index (χ3n) is 3.05. The van der Waals surface area contributed by atoms with Crippen molar-refractivity contribution in [2.24, 2.45) is 17.6 Å². The molecular formula is C14H26N4O2. The molecule has 1 aromatic heterocycles. The standard InChI is InChI=1S/C14H26N4O2/c1-11(2)6-12(8-15)7-14(19)17-13-9-16-18(10-13)4-5-20-3/h9-12H,4-8,15H2,1-3H3,(H,17,19)/t12-/m0/s1. The van der Waals surface area contributed by atoms with Crippen LogP contribution in [0.5, 0.6) is 0 Å². The number of rotatable bonds is 9. The Kier molecular flexibility index (Phi) is 7.25. The Morgan fingerprint density at radius 3 is 2.90 bits per heavy atom. The number of methoxy groups -OCH3 is 1. The molecule has 0 bridgehead atoms. The molecule has 0 radical (unpaired) electrons. The van der Waals surface area contributed by atoms with Crippen LogP contribution in [0.25, 0.3) is 0 Å². The first-order chi connectivity index (χ1) is 9.55. The molecule has 0 saturated heterocycles. The van der Waals surface area contributed by atoms with Gasteiger partial charge in [0.1, 0.15) is 0 Å². The third kappa shape index (κ3) is 6.16. The van der Waals surface area contributed by atoms with Crippen LogP contribution < -0.4 is 11.1 Å². The summed E-state index contributed by atoms with van der Waals surface area (Å²) in [6.07, 6.45) is 4.87. The lowest BCUT2D eigenvalue weighted by Crippen LogP contribution is -2.23. The molecule has 0 unspecified atom stereocenters. The lowest BCUT2D eigenvalue weighted by molar-refractivity contribution is -0.117. The monoisotopic (exact) mass is 282 g/mol. The van der Waals surface area contributed by atoms with Crippen LogP contribution in [0.4, 0.5) is 5.69 Å². The number of carbonyl (C=O) groups excluding carboxylic acids is 1. The van der Waals surface area contributed by atoms with Gasteiger partial charge in [0.25, 0.3) is 0 Å². The first-order valence-corrected chi connectivity index (χ1v) is 7.06. The number of nitrogens with two attached hydrogens (primary N) is 1.